The number of hydrogen-bond donors (Lipinski definition) is 0. The summed E-state index contributed by atoms with van der Waals surface area (Å²) in [7, 11) is -22.4. The molecule has 0 saturated heterocycles. The maximum absolute atomic E-state index is 8.58. The summed E-state index contributed by atoms with van der Waals surface area (Å²) in [6.45, 7) is 0. The van der Waals surface area contributed by atoms with Gasteiger partial charge in [-0.3, -0.25) is 0 Å². The van der Waals surface area contributed by atoms with Crippen LogP contribution in [0, 0.1) is 0 Å². The molecule has 0 fully saturated rings. The zero-order valence-electron chi connectivity index (χ0n) is 24.5. The Balaban J connectivity index is -0.00000000459. The summed E-state index contributed by atoms with van der Waals surface area (Å²) < 4.78 is 0. The van der Waals surface area contributed by atoms with Crippen molar-refractivity contribution in [2.75, 3.05) is 0 Å². The molecule has 0 radical (unpaired) electrons. The molecule has 0 aliphatic carbocycles. The molecule has 36 heteroatoms. The summed E-state index contributed by atoms with van der Waals surface area (Å²) in [5.74, 6) is 0. The molecule has 0 rings (SSSR count). The summed E-state index contributed by atoms with van der Waals surface area (Å²) in [6.07, 6.45) is 0. The van der Waals surface area contributed by atoms with Gasteiger partial charge in [-0.05, 0) is 0 Å². The molecule has 0 N–H and O–H groups in total. The zero-order valence-corrected chi connectivity index (χ0v) is 107. The Morgan fingerprint density at radius 2 is 0.139 bits per heavy atom. The minimum absolute atomic E-state index is 0. The van der Waals surface area contributed by atoms with E-state index in [1.54, 1.807) is 0 Å². The second-order valence-electron chi connectivity index (χ2n) is 2.00. The van der Waals surface area contributed by atoms with Gasteiger partial charge in [0.05, 0.1) is 0 Å². The fraction of sp³-hybridized carbons (Fsp3) is 0. The van der Waals surface area contributed by atoms with Gasteiger partial charge in [0.15, 0.2) is 0 Å². The van der Waals surface area contributed by atoms with Crippen LogP contribution >= 0.6 is 0 Å². The number of rotatable bonds is 0. The van der Waals surface area contributed by atoms with Gasteiger partial charge in [-0.15, -0.1) is 0 Å². The van der Waals surface area contributed by atoms with Crippen molar-refractivity contribution in [3.05, 3.63) is 0 Å². The van der Waals surface area contributed by atoms with Crippen LogP contribution < -0.4 is 1010 Å². The summed E-state index contributed by atoms with van der Waals surface area (Å²) in [5.41, 5.74) is 0. The van der Waals surface area contributed by atoms with Crippen molar-refractivity contribution < 1.29 is 1010 Å². The Morgan fingerprint density at radius 1 is 0.139 bits per heavy atom. The van der Waals surface area contributed by atoms with Gasteiger partial charge in [0.1, 0.15) is 0 Å². The van der Waals surface area contributed by atoms with Crippen molar-refractivity contribution in [3.63, 3.8) is 0 Å². The Kier molecular flexibility index (Phi) is 331. The molecule has 0 amide bonds. The molecule has 16 nitrogen and oxygen atoms in total. The molecule has 0 spiro atoms. The van der Waals surface area contributed by atoms with Crippen LogP contribution in [0.4, 0.5) is 0 Å². The zero-order chi connectivity index (χ0) is 18.0. The van der Waals surface area contributed by atoms with Crippen LogP contribution in [0.2, 0.25) is 0 Å². The third-order valence-electron chi connectivity index (χ3n) is 0. The Morgan fingerprint density at radius 3 is 0.139 bits per heavy atom. The average Bonchev–Trinajstić information content (AvgIpc) is 1.62. The van der Waals surface area contributed by atoms with E-state index in [1.807, 2.05) is 0 Å². The average molecular weight is 1740 g/mol. The van der Waals surface area contributed by atoms with Crippen LogP contribution in [-0.4, -0.2) is 36.2 Å². The van der Waals surface area contributed by atoms with E-state index in [1.165, 1.54) is 0 Å². The van der Waals surface area contributed by atoms with Crippen molar-refractivity contribution in [1.82, 2.24) is 0 Å². The Hall–Kier alpha value is 29.1. The van der Waals surface area contributed by atoms with Crippen molar-refractivity contribution in [3.8, 4) is 0 Å². The predicted molar refractivity (Wildman–Crippen MR) is 23.0 cm³/mol. The molecular formula is O16Rb16Si4. The van der Waals surface area contributed by atoms with E-state index in [9.17, 15) is 0 Å². The third-order valence-corrected chi connectivity index (χ3v) is 0. The van der Waals surface area contributed by atoms with E-state index in [2.05, 4.69) is 0 Å². The molecule has 0 aliphatic heterocycles. The van der Waals surface area contributed by atoms with Gasteiger partial charge in [0.25, 0.3) is 0 Å². The first kappa shape index (κ1) is 132. The molecule has 128 valence electrons. The van der Waals surface area contributed by atoms with Gasteiger partial charge in [0, 0.05) is 0 Å². The summed E-state index contributed by atoms with van der Waals surface area (Å²) in [6, 6.07) is 0. The van der Waals surface area contributed by atoms with Gasteiger partial charge < -0.3 is 113 Å². The fourth-order valence-electron chi connectivity index (χ4n) is 0. The fourth-order valence-corrected chi connectivity index (χ4v) is 0. The van der Waals surface area contributed by atoms with E-state index in [0.29, 0.717) is 0 Å². The van der Waals surface area contributed by atoms with E-state index in [-0.39, 0.29) is 931 Å². The first-order chi connectivity index (χ1) is 8.00. The van der Waals surface area contributed by atoms with Crippen LogP contribution in [0.3, 0.4) is 0 Å². The van der Waals surface area contributed by atoms with Crippen molar-refractivity contribution >= 4 is 36.2 Å². The normalized spacial score (nSPS) is 6.67. The standard InChI is InChI=1S/4O4Si.16Rb/c4*1-5(2,3)4;;;;;;;;;;;;;;;;/q4*-4;16*+1. The molecule has 0 bridgehead atoms. The second kappa shape index (κ2) is 90.5. The van der Waals surface area contributed by atoms with Crippen LogP contribution in [0.25, 0.3) is 0 Å². The molecular weight excluding hydrogens is 1740 g/mol. The maximum Gasteiger partial charge on any atom is 1.00 e. The molecule has 0 unspecified atom stereocenters. The minimum atomic E-state index is -5.61. The van der Waals surface area contributed by atoms with Crippen molar-refractivity contribution in [2.45, 2.75) is 0 Å². The largest absolute Gasteiger partial charge is 1.00 e. The molecule has 0 aromatic carbocycles. The smallest absolute Gasteiger partial charge is 0.894 e. The quantitative estimate of drug-likeness (QED) is 0.203. The predicted octanol–water partition coefficient (Wildman–Crippen LogP) is -68.5. The molecule has 36 heavy (non-hydrogen) atoms. The second-order valence-corrected chi connectivity index (χ2v) is 6.00. The van der Waals surface area contributed by atoms with E-state index in [0.717, 1.165) is 0 Å². The van der Waals surface area contributed by atoms with Crippen LogP contribution in [0.1, 0.15) is 0 Å². The van der Waals surface area contributed by atoms with E-state index in [4.69, 9.17) is 76.7 Å². The first-order valence-electron chi connectivity index (χ1n) is 3.27. The topological polar surface area (TPSA) is 369 Å². The van der Waals surface area contributed by atoms with Gasteiger partial charge in [-0.1, -0.05) is 0 Å². The van der Waals surface area contributed by atoms with Crippen molar-refractivity contribution in [1.29, 1.82) is 0 Å². The van der Waals surface area contributed by atoms with Gasteiger partial charge in [-0.2, -0.15) is 0 Å². The molecule has 0 atom stereocenters. The summed E-state index contributed by atoms with van der Waals surface area (Å²) in [4.78, 5) is 137. The van der Waals surface area contributed by atoms with E-state index >= 15 is 0 Å². The van der Waals surface area contributed by atoms with Crippen LogP contribution in [0.5, 0.6) is 0 Å². The van der Waals surface area contributed by atoms with Crippen LogP contribution in [0.15, 0.2) is 0 Å². The first-order valence-corrected chi connectivity index (χ1v) is 9.80. The minimum Gasteiger partial charge on any atom is -0.894 e. The maximum atomic E-state index is 8.58. The molecule has 0 aromatic heterocycles. The Bertz CT molecular complexity index is 160. The van der Waals surface area contributed by atoms with Gasteiger partial charge in [0.2, 0.25) is 0 Å². The van der Waals surface area contributed by atoms with Crippen molar-refractivity contribution in [2.24, 2.45) is 0 Å². The molecule has 0 aliphatic rings. The SMILES string of the molecule is [O-][Si]([O-])([O-])[O-].[O-][Si]([O-])([O-])[O-].[O-][Si]([O-])([O-])[O-].[O-][Si]([O-])([O-])[O-].[Rb+].[Rb+].[Rb+].[Rb+].[Rb+].[Rb+].[Rb+].[Rb+].[Rb+].[Rb+].[Rb+].[Rb+].[Rb+].[Rb+].[Rb+].[Rb+]. The Labute approximate surface area is 998 Å². The van der Waals surface area contributed by atoms with Crippen LogP contribution in [-0.2, 0) is 0 Å². The summed E-state index contributed by atoms with van der Waals surface area (Å²) in [5, 5.41) is 0. The third kappa shape index (κ3) is 287. The summed E-state index contributed by atoms with van der Waals surface area (Å²) >= 11 is 0. The van der Waals surface area contributed by atoms with Gasteiger partial charge >= 0.3 is 931 Å². The number of hydrogen-bond acceptors (Lipinski definition) is 16. The van der Waals surface area contributed by atoms with Gasteiger partial charge in [-0.25, -0.2) is 0 Å². The molecule has 0 heterocycles. The monoisotopic (exact) mass is 1730 g/mol. The molecule has 0 aromatic rings. The molecule has 0 saturated carbocycles. The van der Waals surface area contributed by atoms with E-state index < -0.39 is 36.2 Å².